The van der Waals surface area contributed by atoms with Crippen LogP contribution in [0.1, 0.15) is 32.1 Å². The summed E-state index contributed by atoms with van der Waals surface area (Å²) in [4.78, 5) is 13.8. The zero-order chi connectivity index (χ0) is 12.9. The Hall–Kier alpha value is -1.30. The topological polar surface area (TPSA) is 99.2 Å². The number of carbonyl (C=O) groups is 1. The molecular weight excluding hydrogens is 222 g/mol. The molecule has 0 aromatic heterocycles. The van der Waals surface area contributed by atoms with Crippen molar-refractivity contribution < 1.29 is 15.1 Å². The highest BCUT2D eigenvalue weighted by atomic mass is 16.4. The molecule has 17 heavy (non-hydrogen) atoms. The molecule has 1 aliphatic rings. The Morgan fingerprint density at radius 2 is 2.00 bits per heavy atom. The lowest BCUT2D eigenvalue weighted by Crippen LogP contribution is -2.51. The molecule has 98 valence electrons. The second-order valence-corrected chi connectivity index (χ2v) is 4.58. The van der Waals surface area contributed by atoms with Crippen molar-refractivity contribution in [2.45, 2.75) is 32.1 Å². The third kappa shape index (κ3) is 2.69. The molecule has 4 N–H and O–H groups in total. The number of amides is 1. The first-order valence-electron chi connectivity index (χ1n) is 5.93. The Bertz CT molecular complexity index is 298. The number of oxime groups is 1. The number of aliphatic hydroxyl groups excluding tert-OH is 1. The average molecular weight is 243 g/mol. The number of hydrogen-bond acceptors (Lipinski definition) is 4. The lowest BCUT2D eigenvalue weighted by Gasteiger charge is -2.37. The average Bonchev–Trinajstić information content (AvgIpc) is 2.37. The molecule has 6 nitrogen and oxygen atoms in total. The van der Waals surface area contributed by atoms with E-state index in [1.54, 1.807) is 7.05 Å². The summed E-state index contributed by atoms with van der Waals surface area (Å²) >= 11 is 0. The van der Waals surface area contributed by atoms with E-state index in [1.165, 1.54) is 4.90 Å². The van der Waals surface area contributed by atoms with Crippen molar-refractivity contribution in [1.29, 1.82) is 0 Å². The highest BCUT2D eigenvalue weighted by Gasteiger charge is 2.45. The van der Waals surface area contributed by atoms with Crippen LogP contribution < -0.4 is 5.73 Å². The van der Waals surface area contributed by atoms with E-state index in [2.05, 4.69) is 5.16 Å². The molecule has 0 bridgehead atoms. The normalized spacial score (nSPS) is 20.0. The monoisotopic (exact) mass is 243 g/mol. The van der Waals surface area contributed by atoms with Crippen molar-refractivity contribution in [3.8, 4) is 0 Å². The summed E-state index contributed by atoms with van der Waals surface area (Å²) in [5.41, 5.74) is 4.83. The Kier molecular flexibility index (Phi) is 4.74. The Balaban J connectivity index is 2.93. The van der Waals surface area contributed by atoms with Crippen molar-refractivity contribution in [3.63, 3.8) is 0 Å². The lowest BCUT2D eigenvalue weighted by atomic mass is 9.72. The number of hydrogen-bond donors (Lipinski definition) is 3. The minimum Gasteiger partial charge on any atom is -0.409 e. The molecule has 0 unspecified atom stereocenters. The summed E-state index contributed by atoms with van der Waals surface area (Å²) in [5.74, 6) is -0.173. The van der Waals surface area contributed by atoms with Gasteiger partial charge in [-0.25, -0.2) is 0 Å². The van der Waals surface area contributed by atoms with Gasteiger partial charge >= 0.3 is 0 Å². The highest BCUT2D eigenvalue weighted by molar-refractivity contribution is 6.06. The first-order chi connectivity index (χ1) is 8.08. The number of likely N-dealkylation sites (N-methyl/N-ethyl adjacent to an activating group) is 1. The van der Waals surface area contributed by atoms with E-state index in [0.717, 1.165) is 19.3 Å². The summed E-state index contributed by atoms with van der Waals surface area (Å²) in [6, 6.07) is 0. The second kappa shape index (κ2) is 5.86. The molecule has 1 aliphatic carbocycles. The maximum atomic E-state index is 12.4. The van der Waals surface area contributed by atoms with Crippen molar-refractivity contribution in [2.75, 3.05) is 20.2 Å². The first kappa shape index (κ1) is 13.8. The van der Waals surface area contributed by atoms with Gasteiger partial charge in [0, 0.05) is 13.6 Å². The van der Waals surface area contributed by atoms with Gasteiger partial charge in [-0.2, -0.15) is 0 Å². The molecule has 0 aromatic carbocycles. The number of rotatable bonds is 4. The largest absolute Gasteiger partial charge is 0.409 e. The maximum Gasteiger partial charge on any atom is 0.236 e. The standard InChI is InChI=1S/C11H21N3O3/c1-14(7-8-15)10(16)11(9(12)13-17)5-3-2-4-6-11/h15,17H,2-8H2,1H3,(H2,12,13). The van der Waals surface area contributed by atoms with Crippen LogP contribution in [0.3, 0.4) is 0 Å². The number of aliphatic hydroxyl groups is 1. The van der Waals surface area contributed by atoms with Gasteiger partial charge in [0.1, 0.15) is 5.41 Å². The zero-order valence-corrected chi connectivity index (χ0v) is 10.2. The van der Waals surface area contributed by atoms with E-state index >= 15 is 0 Å². The summed E-state index contributed by atoms with van der Waals surface area (Å²) in [5, 5.41) is 20.7. The third-order valence-electron chi connectivity index (χ3n) is 3.50. The minimum atomic E-state index is -0.878. The molecule has 1 saturated carbocycles. The molecule has 1 fully saturated rings. The molecule has 1 amide bonds. The Morgan fingerprint density at radius 1 is 1.41 bits per heavy atom. The van der Waals surface area contributed by atoms with Crippen molar-refractivity contribution in [1.82, 2.24) is 4.90 Å². The van der Waals surface area contributed by atoms with Gasteiger partial charge in [0.25, 0.3) is 0 Å². The summed E-state index contributed by atoms with van der Waals surface area (Å²) in [7, 11) is 1.62. The number of carbonyl (C=O) groups excluding carboxylic acids is 1. The summed E-state index contributed by atoms with van der Waals surface area (Å²) in [6.07, 6.45) is 4.08. The minimum absolute atomic E-state index is 0.00742. The van der Waals surface area contributed by atoms with Crippen LogP contribution in [-0.2, 0) is 4.79 Å². The molecule has 0 radical (unpaired) electrons. The van der Waals surface area contributed by atoms with E-state index in [4.69, 9.17) is 16.0 Å². The van der Waals surface area contributed by atoms with Gasteiger partial charge in [0.05, 0.1) is 6.61 Å². The zero-order valence-electron chi connectivity index (χ0n) is 10.2. The molecule has 0 aromatic rings. The van der Waals surface area contributed by atoms with Crippen molar-refractivity contribution in [3.05, 3.63) is 0 Å². The number of amidine groups is 1. The number of nitrogens with zero attached hydrogens (tertiary/aromatic N) is 2. The van der Waals surface area contributed by atoms with Crippen LogP contribution in [0.2, 0.25) is 0 Å². The third-order valence-corrected chi connectivity index (χ3v) is 3.50. The Morgan fingerprint density at radius 3 is 2.47 bits per heavy atom. The van der Waals surface area contributed by atoms with Gasteiger partial charge < -0.3 is 20.9 Å². The predicted molar refractivity (Wildman–Crippen MR) is 63.6 cm³/mol. The highest BCUT2D eigenvalue weighted by Crippen LogP contribution is 2.38. The van der Waals surface area contributed by atoms with Gasteiger partial charge in [-0.05, 0) is 12.8 Å². The molecule has 1 rings (SSSR count). The fraction of sp³-hybridized carbons (Fsp3) is 0.818. The SMILES string of the molecule is CN(CCO)C(=O)C1(C(N)=NO)CCCCC1. The molecule has 0 heterocycles. The van der Waals surface area contributed by atoms with Crippen LogP contribution in [0, 0.1) is 5.41 Å². The van der Waals surface area contributed by atoms with Gasteiger partial charge in [-0.1, -0.05) is 24.4 Å². The quantitative estimate of drug-likeness (QED) is 0.283. The summed E-state index contributed by atoms with van der Waals surface area (Å²) in [6.45, 7) is 0.174. The van der Waals surface area contributed by atoms with E-state index in [9.17, 15) is 4.79 Å². The lowest BCUT2D eigenvalue weighted by molar-refractivity contribution is -0.139. The van der Waals surface area contributed by atoms with Gasteiger partial charge in [-0.3, -0.25) is 4.79 Å². The molecule has 0 saturated heterocycles. The van der Waals surface area contributed by atoms with Crippen LogP contribution in [0.15, 0.2) is 5.16 Å². The van der Waals surface area contributed by atoms with E-state index in [1.807, 2.05) is 0 Å². The van der Waals surface area contributed by atoms with E-state index in [-0.39, 0.29) is 24.9 Å². The van der Waals surface area contributed by atoms with Gasteiger partial charge in [0.2, 0.25) is 5.91 Å². The fourth-order valence-electron chi connectivity index (χ4n) is 2.45. The second-order valence-electron chi connectivity index (χ2n) is 4.58. The summed E-state index contributed by atoms with van der Waals surface area (Å²) < 4.78 is 0. The van der Waals surface area contributed by atoms with E-state index in [0.29, 0.717) is 12.8 Å². The molecule has 6 heteroatoms. The predicted octanol–water partition coefficient (Wildman–Crippen LogP) is 0.134. The van der Waals surface area contributed by atoms with Crippen molar-refractivity contribution in [2.24, 2.45) is 16.3 Å². The maximum absolute atomic E-state index is 12.4. The van der Waals surface area contributed by atoms with Gasteiger partial charge in [-0.15, -0.1) is 0 Å². The molecular formula is C11H21N3O3. The van der Waals surface area contributed by atoms with E-state index < -0.39 is 5.41 Å². The smallest absolute Gasteiger partial charge is 0.236 e. The van der Waals surface area contributed by atoms with Crippen LogP contribution >= 0.6 is 0 Å². The molecule has 0 atom stereocenters. The molecule has 0 aliphatic heterocycles. The van der Waals surface area contributed by atoms with Crippen LogP contribution in [0.25, 0.3) is 0 Å². The van der Waals surface area contributed by atoms with Crippen LogP contribution in [-0.4, -0.2) is 47.2 Å². The molecule has 0 spiro atoms. The van der Waals surface area contributed by atoms with Crippen molar-refractivity contribution >= 4 is 11.7 Å². The fourth-order valence-corrected chi connectivity index (χ4v) is 2.45. The van der Waals surface area contributed by atoms with Crippen LogP contribution in [0.5, 0.6) is 0 Å². The van der Waals surface area contributed by atoms with Crippen LogP contribution in [0.4, 0.5) is 0 Å². The first-order valence-corrected chi connectivity index (χ1v) is 5.93. The Labute approximate surface area is 101 Å². The van der Waals surface area contributed by atoms with Gasteiger partial charge in [0.15, 0.2) is 5.84 Å². The number of nitrogens with two attached hydrogens (primary N) is 1.